The van der Waals surface area contributed by atoms with Crippen LogP contribution in [0.2, 0.25) is 0 Å². The summed E-state index contributed by atoms with van der Waals surface area (Å²) in [5, 5.41) is 3.90. The van der Waals surface area contributed by atoms with Gasteiger partial charge in [0.2, 0.25) is 0 Å². The Morgan fingerprint density at radius 2 is 2.05 bits per heavy atom. The van der Waals surface area contributed by atoms with Crippen LogP contribution in [-0.4, -0.2) is 23.4 Å². The first-order chi connectivity index (χ1) is 9.29. The van der Waals surface area contributed by atoms with Gasteiger partial charge in [-0.05, 0) is 36.1 Å². The van der Waals surface area contributed by atoms with Crippen LogP contribution in [0.1, 0.15) is 16.1 Å². The van der Waals surface area contributed by atoms with Gasteiger partial charge >= 0.3 is 0 Å². The van der Waals surface area contributed by atoms with E-state index in [2.05, 4.69) is 15.5 Å². The Labute approximate surface area is 116 Å². The maximum absolute atomic E-state index is 11.6. The van der Waals surface area contributed by atoms with E-state index in [1.54, 1.807) is 42.4 Å². The molecule has 0 aliphatic rings. The molecule has 0 saturated carbocycles. The van der Waals surface area contributed by atoms with Crippen LogP contribution in [0.4, 0.5) is 0 Å². The van der Waals surface area contributed by atoms with Crippen LogP contribution >= 0.6 is 11.8 Å². The molecule has 1 heterocycles. The van der Waals surface area contributed by atoms with Crippen LogP contribution in [0.15, 0.2) is 58.7 Å². The van der Waals surface area contributed by atoms with Crippen molar-refractivity contribution in [3.05, 3.63) is 59.9 Å². The van der Waals surface area contributed by atoms with Gasteiger partial charge < -0.3 is 0 Å². The fraction of sp³-hybridized carbons (Fsp3) is 0.0714. The topological polar surface area (TPSA) is 54.4 Å². The highest BCUT2D eigenvalue weighted by Gasteiger charge is 2.03. The van der Waals surface area contributed by atoms with Crippen LogP contribution in [0.5, 0.6) is 0 Å². The van der Waals surface area contributed by atoms with Crippen molar-refractivity contribution in [3.8, 4) is 0 Å². The van der Waals surface area contributed by atoms with E-state index in [0.29, 0.717) is 5.69 Å². The van der Waals surface area contributed by atoms with Crippen molar-refractivity contribution < 1.29 is 4.79 Å². The molecule has 0 aliphatic heterocycles. The number of pyridine rings is 1. The number of hydrazone groups is 1. The molecule has 2 rings (SSSR count). The summed E-state index contributed by atoms with van der Waals surface area (Å²) in [5.41, 5.74) is 3.71. The lowest BCUT2D eigenvalue weighted by Gasteiger charge is -1.99. The molecule has 0 saturated heterocycles. The first-order valence-corrected chi connectivity index (χ1v) is 6.90. The Morgan fingerprint density at radius 3 is 2.68 bits per heavy atom. The number of hydrogen-bond acceptors (Lipinski definition) is 4. The highest BCUT2D eigenvalue weighted by Crippen LogP contribution is 2.13. The SMILES string of the molecule is CSc1ccc(C=NNC(=O)c2ccccn2)cc1. The quantitative estimate of drug-likeness (QED) is 0.528. The summed E-state index contributed by atoms with van der Waals surface area (Å²) >= 11 is 1.68. The Bertz CT molecular complexity index is 567. The molecule has 2 aromatic rings. The molecule has 0 bridgehead atoms. The van der Waals surface area contributed by atoms with Gasteiger partial charge in [-0.3, -0.25) is 9.78 Å². The highest BCUT2D eigenvalue weighted by molar-refractivity contribution is 7.98. The molecule has 4 nitrogen and oxygen atoms in total. The predicted molar refractivity (Wildman–Crippen MR) is 77.5 cm³/mol. The fourth-order valence-electron chi connectivity index (χ4n) is 1.41. The third-order valence-electron chi connectivity index (χ3n) is 2.39. The van der Waals surface area contributed by atoms with Gasteiger partial charge in [-0.2, -0.15) is 5.10 Å². The minimum absolute atomic E-state index is 0.322. The number of nitrogens with one attached hydrogen (secondary N) is 1. The lowest BCUT2D eigenvalue weighted by molar-refractivity contribution is 0.0950. The monoisotopic (exact) mass is 271 g/mol. The number of rotatable bonds is 4. The molecule has 1 aromatic carbocycles. The summed E-state index contributed by atoms with van der Waals surface area (Å²) in [6.45, 7) is 0. The van der Waals surface area contributed by atoms with E-state index >= 15 is 0 Å². The summed E-state index contributed by atoms with van der Waals surface area (Å²) in [6.07, 6.45) is 5.20. The normalized spacial score (nSPS) is 10.6. The molecule has 0 unspecified atom stereocenters. The van der Waals surface area contributed by atoms with Gasteiger partial charge in [0.1, 0.15) is 5.69 Å². The maximum Gasteiger partial charge on any atom is 0.289 e. The van der Waals surface area contributed by atoms with E-state index in [-0.39, 0.29) is 5.91 Å². The van der Waals surface area contributed by atoms with Crippen molar-refractivity contribution in [1.82, 2.24) is 10.4 Å². The number of amides is 1. The van der Waals surface area contributed by atoms with Crippen molar-refractivity contribution in [3.63, 3.8) is 0 Å². The predicted octanol–water partition coefficient (Wildman–Crippen LogP) is 2.57. The first-order valence-electron chi connectivity index (χ1n) is 5.68. The molecule has 0 spiro atoms. The molecular weight excluding hydrogens is 258 g/mol. The molecular formula is C14H13N3OS. The van der Waals surface area contributed by atoms with Crippen molar-refractivity contribution in [1.29, 1.82) is 0 Å². The Hall–Kier alpha value is -2.14. The average molecular weight is 271 g/mol. The second-order valence-corrected chi connectivity index (χ2v) is 4.57. The minimum Gasteiger partial charge on any atom is -0.266 e. The van der Waals surface area contributed by atoms with Crippen molar-refractivity contribution in [2.45, 2.75) is 4.90 Å². The van der Waals surface area contributed by atoms with Gasteiger partial charge in [-0.15, -0.1) is 11.8 Å². The summed E-state index contributed by atoms with van der Waals surface area (Å²) in [5.74, 6) is -0.322. The standard InChI is InChI=1S/C14H13N3OS/c1-19-12-7-5-11(6-8-12)10-16-17-14(18)13-4-2-3-9-15-13/h2-10H,1H3,(H,17,18). The van der Waals surface area contributed by atoms with Gasteiger partial charge in [-0.25, -0.2) is 5.43 Å². The van der Waals surface area contributed by atoms with Gasteiger partial charge in [-0.1, -0.05) is 18.2 Å². The number of thioether (sulfide) groups is 1. The Kier molecular flexibility index (Phi) is 4.69. The summed E-state index contributed by atoms with van der Waals surface area (Å²) in [7, 11) is 0. The molecule has 0 fully saturated rings. The van der Waals surface area contributed by atoms with Gasteiger partial charge in [0.15, 0.2) is 0 Å². The van der Waals surface area contributed by atoms with Crippen LogP contribution in [-0.2, 0) is 0 Å². The Balaban J connectivity index is 1.94. The van der Waals surface area contributed by atoms with Crippen LogP contribution in [0.25, 0.3) is 0 Å². The number of hydrogen-bond donors (Lipinski definition) is 1. The fourth-order valence-corrected chi connectivity index (χ4v) is 1.82. The number of benzene rings is 1. The van der Waals surface area contributed by atoms with Gasteiger partial charge in [0.25, 0.3) is 5.91 Å². The lowest BCUT2D eigenvalue weighted by atomic mass is 10.2. The number of aromatic nitrogens is 1. The lowest BCUT2D eigenvalue weighted by Crippen LogP contribution is -2.18. The molecule has 0 radical (unpaired) electrons. The van der Waals surface area contributed by atoms with Crippen molar-refractivity contribution >= 4 is 23.9 Å². The van der Waals surface area contributed by atoms with E-state index < -0.39 is 0 Å². The van der Waals surface area contributed by atoms with Crippen molar-refractivity contribution in [2.75, 3.05) is 6.26 Å². The molecule has 19 heavy (non-hydrogen) atoms. The second-order valence-electron chi connectivity index (χ2n) is 3.69. The molecule has 0 aliphatic carbocycles. The van der Waals surface area contributed by atoms with E-state index in [0.717, 1.165) is 5.56 Å². The number of carbonyl (C=O) groups excluding carboxylic acids is 1. The van der Waals surface area contributed by atoms with Gasteiger partial charge in [0.05, 0.1) is 6.21 Å². The van der Waals surface area contributed by atoms with E-state index in [1.165, 1.54) is 4.90 Å². The van der Waals surface area contributed by atoms with Crippen LogP contribution in [0.3, 0.4) is 0 Å². The third kappa shape index (κ3) is 3.93. The van der Waals surface area contributed by atoms with E-state index in [1.807, 2.05) is 30.5 Å². The van der Waals surface area contributed by atoms with Gasteiger partial charge in [0, 0.05) is 11.1 Å². The Morgan fingerprint density at radius 1 is 1.26 bits per heavy atom. The highest BCUT2D eigenvalue weighted by atomic mass is 32.2. The molecule has 1 aromatic heterocycles. The number of carbonyl (C=O) groups is 1. The van der Waals surface area contributed by atoms with Crippen molar-refractivity contribution in [2.24, 2.45) is 5.10 Å². The molecule has 0 atom stereocenters. The zero-order valence-electron chi connectivity index (χ0n) is 10.4. The second kappa shape index (κ2) is 6.70. The minimum atomic E-state index is -0.322. The molecule has 1 N–H and O–H groups in total. The molecule has 5 heteroatoms. The first kappa shape index (κ1) is 13.3. The van der Waals surface area contributed by atoms with Crippen LogP contribution in [0, 0.1) is 0 Å². The largest absolute Gasteiger partial charge is 0.289 e. The molecule has 1 amide bonds. The van der Waals surface area contributed by atoms with E-state index in [9.17, 15) is 4.79 Å². The zero-order valence-corrected chi connectivity index (χ0v) is 11.2. The van der Waals surface area contributed by atoms with Crippen LogP contribution < -0.4 is 5.43 Å². The summed E-state index contributed by atoms with van der Waals surface area (Å²) in [4.78, 5) is 16.8. The smallest absolute Gasteiger partial charge is 0.266 e. The maximum atomic E-state index is 11.6. The average Bonchev–Trinajstić information content (AvgIpc) is 2.49. The summed E-state index contributed by atoms with van der Waals surface area (Å²) in [6, 6.07) is 13.1. The number of nitrogens with zero attached hydrogens (tertiary/aromatic N) is 2. The molecule has 96 valence electrons. The van der Waals surface area contributed by atoms with E-state index in [4.69, 9.17) is 0 Å². The summed E-state index contributed by atoms with van der Waals surface area (Å²) < 4.78 is 0. The zero-order chi connectivity index (χ0) is 13.5. The third-order valence-corrected chi connectivity index (χ3v) is 3.14.